The van der Waals surface area contributed by atoms with Crippen LogP contribution < -0.4 is 16.4 Å². The third kappa shape index (κ3) is 5.72. The zero-order valence-corrected chi connectivity index (χ0v) is 19.2. The summed E-state index contributed by atoms with van der Waals surface area (Å²) in [6, 6.07) is 8.48. The van der Waals surface area contributed by atoms with E-state index in [9.17, 15) is 22.4 Å². The van der Waals surface area contributed by atoms with Crippen LogP contribution in [0.15, 0.2) is 48.8 Å². The predicted molar refractivity (Wildman–Crippen MR) is 126 cm³/mol. The average molecular weight is 505 g/mol. The highest BCUT2D eigenvalue weighted by Gasteiger charge is 2.32. The van der Waals surface area contributed by atoms with Crippen LogP contribution in [-0.4, -0.2) is 40.5 Å². The molecule has 4 N–H and O–H groups in total. The van der Waals surface area contributed by atoms with Crippen LogP contribution in [0.5, 0.6) is 0 Å². The van der Waals surface area contributed by atoms with Crippen LogP contribution in [-0.2, 0) is 12.6 Å². The molecule has 3 heterocycles. The molecule has 0 saturated carbocycles. The molecule has 4 rings (SSSR count). The summed E-state index contributed by atoms with van der Waals surface area (Å²) >= 11 is 1.24. The van der Waals surface area contributed by atoms with Crippen LogP contribution in [0.2, 0.25) is 0 Å². The Hall–Kier alpha value is -3.64. The van der Waals surface area contributed by atoms with Gasteiger partial charge in [-0.15, -0.1) is 0 Å². The highest BCUT2D eigenvalue weighted by molar-refractivity contribution is 7.19. The molecule has 0 radical (unpaired) electrons. The minimum atomic E-state index is -4.50. The van der Waals surface area contributed by atoms with E-state index in [1.165, 1.54) is 36.7 Å². The third-order valence-corrected chi connectivity index (χ3v) is 6.21. The van der Waals surface area contributed by atoms with Gasteiger partial charge in [0, 0.05) is 43.5 Å². The Morgan fingerprint density at radius 1 is 1.11 bits per heavy atom. The number of nitrogens with zero attached hydrogens (tertiary/aromatic N) is 3. The summed E-state index contributed by atoms with van der Waals surface area (Å²) in [5.41, 5.74) is 6.64. The maximum absolute atomic E-state index is 13.6. The van der Waals surface area contributed by atoms with Crippen LogP contribution in [0, 0.1) is 5.95 Å². The summed E-state index contributed by atoms with van der Waals surface area (Å²) in [7, 11) is 1.49. The van der Waals surface area contributed by atoms with E-state index in [-0.39, 0.29) is 18.1 Å². The molecule has 7 nitrogen and oxygen atoms in total. The van der Waals surface area contributed by atoms with Gasteiger partial charge in [-0.3, -0.25) is 9.78 Å². The van der Waals surface area contributed by atoms with Crippen LogP contribution in [0.4, 0.5) is 22.7 Å². The summed E-state index contributed by atoms with van der Waals surface area (Å²) in [6.07, 6.45) is -1.61. The Labute approximate surface area is 201 Å². The van der Waals surface area contributed by atoms with Crippen molar-refractivity contribution in [1.82, 2.24) is 20.3 Å². The number of rotatable bonds is 7. The number of anilines is 1. The lowest BCUT2D eigenvalue weighted by Crippen LogP contribution is -2.31. The number of thiazole rings is 1. The van der Waals surface area contributed by atoms with Gasteiger partial charge in [0.05, 0.1) is 4.88 Å². The van der Waals surface area contributed by atoms with Crippen molar-refractivity contribution in [2.45, 2.75) is 18.6 Å². The molecule has 4 aromatic rings. The molecule has 3 aromatic heterocycles. The topological polar surface area (TPSA) is 106 Å². The Bertz CT molecular complexity index is 1360. The lowest BCUT2D eigenvalue weighted by molar-refractivity contribution is -0.141. The van der Waals surface area contributed by atoms with Gasteiger partial charge in [0.1, 0.15) is 11.4 Å². The normalized spacial score (nSPS) is 12.5. The van der Waals surface area contributed by atoms with Gasteiger partial charge in [0.25, 0.3) is 5.91 Å². The fraction of sp³-hybridized carbons (Fsp3) is 0.217. The van der Waals surface area contributed by atoms with E-state index in [2.05, 4.69) is 25.6 Å². The molecule has 0 spiro atoms. The fourth-order valence-electron chi connectivity index (χ4n) is 3.43. The van der Waals surface area contributed by atoms with E-state index in [1.807, 2.05) is 0 Å². The van der Waals surface area contributed by atoms with Crippen molar-refractivity contribution in [3.63, 3.8) is 0 Å². The molecular weight excluding hydrogens is 484 g/mol. The third-order valence-electron chi connectivity index (χ3n) is 5.15. The lowest BCUT2D eigenvalue weighted by Gasteiger charge is -2.12. The summed E-state index contributed by atoms with van der Waals surface area (Å²) in [4.78, 5) is 24.5. The van der Waals surface area contributed by atoms with E-state index in [4.69, 9.17) is 5.73 Å². The summed E-state index contributed by atoms with van der Waals surface area (Å²) in [5.74, 6) is -0.990. The molecule has 0 bridgehead atoms. The molecule has 1 atom stereocenters. The molecule has 0 aliphatic heterocycles. The van der Waals surface area contributed by atoms with Crippen molar-refractivity contribution in [3.8, 4) is 10.4 Å². The van der Waals surface area contributed by atoms with Gasteiger partial charge in [0.2, 0.25) is 5.95 Å². The van der Waals surface area contributed by atoms with Crippen molar-refractivity contribution >= 4 is 33.1 Å². The summed E-state index contributed by atoms with van der Waals surface area (Å²) < 4.78 is 51.6. The largest absolute Gasteiger partial charge is 0.433 e. The van der Waals surface area contributed by atoms with Gasteiger partial charge in [-0.25, -0.2) is 9.97 Å². The van der Waals surface area contributed by atoms with Crippen molar-refractivity contribution in [2.24, 2.45) is 5.73 Å². The van der Waals surface area contributed by atoms with Gasteiger partial charge in [-0.2, -0.15) is 17.6 Å². The number of fused-ring (bicyclic) bond motifs is 1. The lowest BCUT2D eigenvalue weighted by atomic mass is 10.1. The van der Waals surface area contributed by atoms with E-state index < -0.39 is 23.9 Å². The Morgan fingerprint density at radius 3 is 2.60 bits per heavy atom. The first-order chi connectivity index (χ1) is 16.6. The molecule has 35 heavy (non-hydrogen) atoms. The van der Waals surface area contributed by atoms with E-state index in [1.54, 1.807) is 18.2 Å². The Morgan fingerprint density at radius 2 is 1.91 bits per heavy atom. The van der Waals surface area contributed by atoms with Gasteiger partial charge in [-0.05, 0) is 35.1 Å². The van der Waals surface area contributed by atoms with Gasteiger partial charge >= 0.3 is 6.18 Å². The van der Waals surface area contributed by atoms with E-state index >= 15 is 0 Å². The number of amides is 1. The number of aromatic nitrogens is 3. The van der Waals surface area contributed by atoms with Crippen molar-refractivity contribution in [1.29, 1.82) is 0 Å². The number of hydrogen-bond donors (Lipinski definition) is 3. The van der Waals surface area contributed by atoms with Crippen LogP contribution in [0.1, 0.15) is 21.7 Å². The van der Waals surface area contributed by atoms with Crippen molar-refractivity contribution in [3.05, 3.63) is 71.7 Å². The van der Waals surface area contributed by atoms with Crippen molar-refractivity contribution in [2.75, 3.05) is 18.9 Å². The number of hydrogen-bond acceptors (Lipinski definition) is 7. The van der Waals surface area contributed by atoms with Crippen LogP contribution >= 0.6 is 11.3 Å². The van der Waals surface area contributed by atoms with Gasteiger partial charge < -0.3 is 16.4 Å². The summed E-state index contributed by atoms with van der Waals surface area (Å²) in [5, 5.41) is 7.48. The first kappa shape index (κ1) is 24.5. The number of benzene rings is 1. The minimum Gasteiger partial charge on any atom is -0.360 e. The zero-order chi connectivity index (χ0) is 25.2. The second-order valence-electron chi connectivity index (χ2n) is 7.74. The molecule has 0 fully saturated rings. The number of pyridine rings is 2. The van der Waals surface area contributed by atoms with Gasteiger partial charge in [-0.1, -0.05) is 29.5 Å². The zero-order valence-electron chi connectivity index (χ0n) is 18.4. The molecule has 0 unspecified atom stereocenters. The molecule has 0 aliphatic carbocycles. The molecule has 0 aliphatic rings. The number of halogens is 4. The quantitative estimate of drug-likeness (QED) is 0.257. The average Bonchev–Trinajstić information content (AvgIpc) is 3.26. The molecular formula is C23H20F4N6OS. The van der Waals surface area contributed by atoms with E-state index in [0.717, 1.165) is 17.6 Å². The number of carbonyl (C=O) groups is 1. The molecule has 1 amide bonds. The smallest absolute Gasteiger partial charge is 0.360 e. The number of nitrogens with one attached hydrogen (secondary N) is 2. The predicted octanol–water partition coefficient (Wildman–Crippen LogP) is 4.25. The molecule has 0 saturated heterocycles. The number of alkyl halides is 3. The van der Waals surface area contributed by atoms with Crippen LogP contribution in [0.25, 0.3) is 21.2 Å². The standard InChI is InChI=1S/C23H20F4N6OS/c1-29-21(34)19-20(13-3-4-14-10-31-18(24)8-15(14)7-13)35-22(33-19)32-11-16(28)6-12-2-5-17(30-9-12)23(25,26)27/h2-5,7-10,16H,6,11,28H2,1H3,(H,29,34)(H,32,33)/t16-/m0/s1. The van der Waals surface area contributed by atoms with E-state index in [0.29, 0.717) is 32.9 Å². The van der Waals surface area contributed by atoms with Gasteiger partial charge in [0.15, 0.2) is 5.13 Å². The first-order valence-electron chi connectivity index (χ1n) is 10.4. The highest BCUT2D eigenvalue weighted by atomic mass is 32.1. The summed E-state index contributed by atoms with van der Waals surface area (Å²) in [6.45, 7) is 0.260. The Kier molecular flexibility index (Phi) is 6.94. The molecule has 1 aromatic carbocycles. The highest BCUT2D eigenvalue weighted by Crippen LogP contribution is 2.35. The fourth-order valence-corrected chi connectivity index (χ4v) is 4.39. The number of nitrogens with two attached hydrogens (primary N) is 1. The van der Waals surface area contributed by atoms with Crippen molar-refractivity contribution < 1.29 is 22.4 Å². The molecule has 182 valence electrons. The maximum Gasteiger partial charge on any atom is 0.433 e. The SMILES string of the molecule is CNC(=O)c1nc(NC[C@@H](N)Cc2ccc(C(F)(F)F)nc2)sc1-c1ccc2cnc(F)cc2c1. The second-order valence-corrected chi connectivity index (χ2v) is 8.74. The Balaban J connectivity index is 1.50. The minimum absolute atomic E-state index is 0.203. The molecule has 12 heteroatoms. The maximum atomic E-state index is 13.6. The first-order valence-corrected chi connectivity index (χ1v) is 11.3. The second kappa shape index (κ2) is 9.92. The number of carbonyl (C=O) groups excluding carboxylic acids is 1. The monoisotopic (exact) mass is 504 g/mol. The van der Waals surface area contributed by atoms with Crippen LogP contribution in [0.3, 0.4) is 0 Å².